The highest BCUT2D eigenvalue weighted by molar-refractivity contribution is 6.08. The number of anilines is 1. The Labute approximate surface area is 125 Å². The summed E-state index contributed by atoms with van der Waals surface area (Å²) in [4.78, 5) is 26.8. The van der Waals surface area contributed by atoms with Gasteiger partial charge in [-0.3, -0.25) is 14.5 Å². The minimum atomic E-state index is -0.439. The summed E-state index contributed by atoms with van der Waals surface area (Å²) in [5.41, 5.74) is 2.04. The highest BCUT2D eigenvalue weighted by atomic mass is 16.2. The van der Waals surface area contributed by atoms with E-state index in [9.17, 15) is 9.59 Å². The maximum atomic E-state index is 12.8. The predicted molar refractivity (Wildman–Crippen MR) is 82.0 cm³/mol. The Morgan fingerprint density at radius 1 is 1.24 bits per heavy atom. The van der Waals surface area contributed by atoms with Crippen molar-refractivity contribution < 1.29 is 9.59 Å². The fourth-order valence-corrected chi connectivity index (χ4v) is 3.10. The zero-order valence-corrected chi connectivity index (χ0v) is 12.6. The Kier molecular flexibility index (Phi) is 3.70. The van der Waals surface area contributed by atoms with E-state index in [1.54, 1.807) is 11.8 Å². The summed E-state index contributed by atoms with van der Waals surface area (Å²) in [6.45, 7) is 3.93. The van der Waals surface area contributed by atoms with Gasteiger partial charge in [0.2, 0.25) is 5.91 Å². The number of hydrogen-bond acceptors (Lipinski definition) is 2. The number of amides is 2. The number of nitrogens with zero attached hydrogens (tertiary/aromatic N) is 1. The minimum Gasteiger partial charge on any atom is -0.342 e. The first-order valence-corrected chi connectivity index (χ1v) is 7.84. The summed E-state index contributed by atoms with van der Waals surface area (Å²) in [5.74, 6) is 0.334. The van der Waals surface area contributed by atoms with Crippen LogP contribution in [0, 0.1) is 5.92 Å². The normalized spacial score (nSPS) is 25.9. The van der Waals surface area contributed by atoms with Crippen molar-refractivity contribution in [3.63, 3.8) is 0 Å². The highest BCUT2D eigenvalue weighted by Gasteiger charge is 2.46. The number of para-hydroxylation sites is 1. The number of piperazine rings is 1. The number of hydrogen-bond donors (Lipinski definition) is 1. The molecule has 0 aromatic heterocycles. The Balaban J connectivity index is 1.97. The quantitative estimate of drug-likeness (QED) is 0.923. The monoisotopic (exact) mass is 286 g/mol. The number of benzene rings is 1. The van der Waals surface area contributed by atoms with Gasteiger partial charge < -0.3 is 5.32 Å². The topological polar surface area (TPSA) is 49.4 Å². The molecule has 2 amide bonds. The maximum absolute atomic E-state index is 12.8. The van der Waals surface area contributed by atoms with Crippen LogP contribution in [0.3, 0.4) is 0 Å². The lowest BCUT2D eigenvalue weighted by atomic mass is 10.00. The molecule has 3 rings (SSSR count). The third-order valence-electron chi connectivity index (χ3n) is 4.43. The lowest BCUT2D eigenvalue weighted by Crippen LogP contribution is -2.63. The summed E-state index contributed by atoms with van der Waals surface area (Å²) in [7, 11) is 0. The molecule has 1 heterocycles. The van der Waals surface area contributed by atoms with E-state index in [-0.39, 0.29) is 17.9 Å². The lowest BCUT2D eigenvalue weighted by Gasteiger charge is -2.38. The molecule has 0 radical (unpaired) electrons. The van der Waals surface area contributed by atoms with E-state index < -0.39 is 6.04 Å². The zero-order valence-electron chi connectivity index (χ0n) is 12.6. The number of rotatable bonds is 4. The third kappa shape index (κ3) is 2.55. The molecule has 1 N–H and O–H groups in total. The molecule has 2 atom stereocenters. The highest BCUT2D eigenvalue weighted by Crippen LogP contribution is 2.36. The van der Waals surface area contributed by atoms with Crippen molar-refractivity contribution in [2.75, 3.05) is 4.90 Å². The van der Waals surface area contributed by atoms with Gasteiger partial charge in [-0.2, -0.15) is 0 Å². The van der Waals surface area contributed by atoms with Crippen molar-refractivity contribution in [1.29, 1.82) is 0 Å². The van der Waals surface area contributed by atoms with E-state index in [1.165, 1.54) is 0 Å². The molecule has 1 saturated heterocycles. The maximum Gasteiger partial charge on any atom is 0.250 e. The van der Waals surface area contributed by atoms with Crippen LogP contribution < -0.4 is 10.2 Å². The Bertz CT molecular complexity index is 566. The molecule has 1 saturated carbocycles. The molecular weight excluding hydrogens is 264 g/mol. The van der Waals surface area contributed by atoms with Gasteiger partial charge in [-0.05, 0) is 43.7 Å². The Morgan fingerprint density at radius 2 is 1.95 bits per heavy atom. The molecule has 1 aromatic rings. The van der Waals surface area contributed by atoms with Crippen LogP contribution >= 0.6 is 0 Å². The van der Waals surface area contributed by atoms with Crippen molar-refractivity contribution in [3.8, 4) is 0 Å². The van der Waals surface area contributed by atoms with Crippen molar-refractivity contribution in [1.82, 2.24) is 5.32 Å². The summed E-state index contributed by atoms with van der Waals surface area (Å²) in [5, 5.41) is 2.90. The average molecular weight is 286 g/mol. The number of carbonyl (C=O) groups excluding carboxylic acids is 2. The van der Waals surface area contributed by atoms with Gasteiger partial charge in [0.15, 0.2) is 0 Å². The van der Waals surface area contributed by atoms with E-state index in [1.807, 2.05) is 18.2 Å². The van der Waals surface area contributed by atoms with Crippen LogP contribution in [-0.2, 0) is 16.0 Å². The first-order chi connectivity index (χ1) is 10.1. The van der Waals surface area contributed by atoms with Crippen molar-refractivity contribution >= 4 is 17.5 Å². The van der Waals surface area contributed by atoms with Crippen molar-refractivity contribution in [3.05, 3.63) is 29.8 Å². The lowest BCUT2D eigenvalue weighted by molar-refractivity contribution is -0.134. The summed E-state index contributed by atoms with van der Waals surface area (Å²) < 4.78 is 0. The van der Waals surface area contributed by atoms with Crippen LogP contribution in [0.2, 0.25) is 0 Å². The molecular formula is C17H22N2O2. The Hall–Kier alpha value is -1.84. The van der Waals surface area contributed by atoms with Gasteiger partial charge in [0.05, 0.1) is 0 Å². The molecule has 2 fully saturated rings. The SMILES string of the molecule is CCCc1ccccc1N1C(=O)C(C2CC2)NC(=O)C1C. The molecule has 1 aliphatic carbocycles. The van der Waals surface area contributed by atoms with Gasteiger partial charge in [-0.25, -0.2) is 0 Å². The first kappa shape index (κ1) is 14.1. The second-order valence-corrected chi connectivity index (χ2v) is 6.09. The molecule has 2 aliphatic rings. The van der Waals surface area contributed by atoms with Crippen LogP contribution in [-0.4, -0.2) is 23.9 Å². The summed E-state index contributed by atoms with van der Waals surface area (Å²) in [6, 6.07) is 7.17. The van der Waals surface area contributed by atoms with Crippen LogP contribution in [0.15, 0.2) is 24.3 Å². The molecule has 4 heteroatoms. The Morgan fingerprint density at radius 3 is 2.62 bits per heavy atom. The van der Waals surface area contributed by atoms with Gasteiger partial charge in [-0.1, -0.05) is 31.5 Å². The molecule has 0 spiro atoms. The van der Waals surface area contributed by atoms with Gasteiger partial charge in [0.25, 0.3) is 5.91 Å². The van der Waals surface area contributed by atoms with Crippen LogP contribution in [0.25, 0.3) is 0 Å². The summed E-state index contributed by atoms with van der Waals surface area (Å²) in [6.07, 6.45) is 4.01. The van der Waals surface area contributed by atoms with Gasteiger partial charge in [0, 0.05) is 5.69 Å². The predicted octanol–water partition coefficient (Wildman–Crippen LogP) is 2.27. The molecule has 0 bridgehead atoms. The van der Waals surface area contributed by atoms with E-state index >= 15 is 0 Å². The third-order valence-corrected chi connectivity index (χ3v) is 4.43. The van der Waals surface area contributed by atoms with E-state index in [2.05, 4.69) is 18.3 Å². The fraction of sp³-hybridized carbons (Fsp3) is 0.529. The molecule has 2 unspecified atom stereocenters. The van der Waals surface area contributed by atoms with Crippen LogP contribution in [0.5, 0.6) is 0 Å². The zero-order chi connectivity index (χ0) is 15.0. The van der Waals surface area contributed by atoms with Gasteiger partial charge in [0.1, 0.15) is 12.1 Å². The van der Waals surface area contributed by atoms with Gasteiger partial charge in [-0.15, -0.1) is 0 Å². The largest absolute Gasteiger partial charge is 0.342 e. The van der Waals surface area contributed by atoms with E-state index in [0.29, 0.717) is 5.92 Å². The molecule has 1 aromatic carbocycles. The molecule has 112 valence electrons. The molecule has 4 nitrogen and oxygen atoms in total. The molecule has 21 heavy (non-hydrogen) atoms. The second kappa shape index (κ2) is 5.51. The van der Waals surface area contributed by atoms with E-state index in [4.69, 9.17) is 0 Å². The van der Waals surface area contributed by atoms with Gasteiger partial charge >= 0.3 is 0 Å². The second-order valence-electron chi connectivity index (χ2n) is 6.09. The number of nitrogens with one attached hydrogen (secondary N) is 1. The number of carbonyl (C=O) groups is 2. The van der Waals surface area contributed by atoms with Crippen molar-refractivity contribution in [2.24, 2.45) is 5.92 Å². The first-order valence-electron chi connectivity index (χ1n) is 7.84. The minimum absolute atomic E-state index is 0.0437. The van der Waals surface area contributed by atoms with Crippen molar-refractivity contribution in [2.45, 2.75) is 51.6 Å². The van der Waals surface area contributed by atoms with Crippen LogP contribution in [0.1, 0.15) is 38.7 Å². The standard InChI is InChI=1S/C17H22N2O2/c1-3-6-12-7-4-5-8-14(12)19-11(2)16(20)18-15(17(19)21)13-9-10-13/h4-5,7-8,11,13,15H,3,6,9-10H2,1-2H3,(H,18,20). The smallest absolute Gasteiger partial charge is 0.250 e. The average Bonchev–Trinajstić information content (AvgIpc) is 3.30. The fourth-order valence-electron chi connectivity index (χ4n) is 3.10. The van der Waals surface area contributed by atoms with E-state index in [0.717, 1.165) is 36.9 Å². The summed E-state index contributed by atoms with van der Waals surface area (Å²) >= 11 is 0. The van der Waals surface area contributed by atoms with Crippen LogP contribution in [0.4, 0.5) is 5.69 Å². The number of aryl methyl sites for hydroxylation is 1. The molecule has 1 aliphatic heterocycles.